The van der Waals surface area contributed by atoms with Crippen LogP contribution in [-0.2, 0) is 33.2 Å². The molecule has 0 bridgehead atoms. The molecule has 0 aromatic rings. The zero-order valence-electron chi connectivity index (χ0n) is 52.3. The van der Waals surface area contributed by atoms with E-state index in [-0.39, 0.29) is 18.9 Å². The zero-order valence-corrected chi connectivity index (χ0v) is 52.3. The number of amides is 1. The number of hydrogen-bond donors (Lipinski definition) is 12. The summed E-state index contributed by atoms with van der Waals surface area (Å²) in [5.41, 5.74) is 0. The van der Waals surface area contributed by atoms with Crippen LogP contribution in [0.1, 0.15) is 213 Å². The van der Waals surface area contributed by atoms with E-state index in [9.17, 15) is 61.0 Å². The first-order valence-corrected chi connectivity index (χ1v) is 33.2. The summed E-state index contributed by atoms with van der Waals surface area (Å²) in [7, 11) is 0. The lowest BCUT2D eigenvalue weighted by Gasteiger charge is -2.48. The van der Waals surface area contributed by atoms with Gasteiger partial charge in [-0.3, -0.25) is 4.79 Å². The molecule has 3 aliphatic heterocycles. The number of carbonyl (C=O) groups is 1. The molecule has 19 heteroatoms. The van der Waals surface area contributed by atoms with E-state index in [1.165, 1.54) is 109 Å². The third kappa shape index (κ3) is 31.3. The van der Waals surface area contributed by atoms with Crippen molar-refractivity contribution in [1.82, 2.24) is 5.32 Å². The SMILES string of the molecule is CCCCCCC/C=C\C/C=C\C/C=C\CCCCCCCCCCCCC(=O)NC(COC1OC(CO)C(OC2OC(CO)C(OC3OC(CO)C(O)C(O)C3O)C(O)C2O)C(O)C1O)C(O)/C=C/CC/C=C/CC/C=C/CCCCCCCC. The van der Waals surface area contributed by atoms with E-state index in [0.29, 0.717) is 12.8 Å². The van der Waals surface area contributed by atoms with Gasteiger partial charge in [-0.05, 0) is 83.5 Å². The van der Waals surface area contributed by atoms with Crippen LogP contribution in [0.2, 0.25) is 0 Å². The van der Waals surface area contributed by atoms with Crippen LogP contribution in [0.3, 0.4) is 0 Å². The highest BCUT2D eigenvalue weighted by Crippen LogP contribution is 2.33. The first-order valence-electron chi connectivity index (χ1n) is 33.2. The Kier molecular flexibility index (Phi) is 44.1. The summed E-state index contributed by atoms with van der Waals surface area (Å²) in [6.07, 6.45) is 33.0. The van der Waals surface area contributed by atoms with Gasteiger partial charge in [-0.25, -0.2) is 0 Å². The normalized spacial score (nSPS) is 29.2. The minimum absolute atomic E-state index is 0.224. The second-order valence-corrected chi connectivity index (χ2v) is 23.6. The first-order chi connectivity index (χ1) is 41.8. The topological polar surface area (TPSA) is 307 Å². The van der Waals surface area contributed by atoms with Gasteiger partial charge in [0.05, 0.1) is 38.6 Å². The molecule has 0 radical (unpaired) electrons. The van der Waals surface area contributed by atoms with Crippen molar-refractivity contribution < 1.29 is 89.4 Å². The summed E-state index contributed by atoms with van der Waals surface area (Å²) in [5, 5.41) is 120. The highest BCUT2D eigenvalue weighted by molar-refractivity contribution is 5.76. The molecule has 19 nitrogen and oxygen atoms in total. The number of rotatable bonds is 49. The quantitative estimate of drug-likeness (QED) is 0.0204. The molecule has 0 aliphatic carbocycles. The molecule has 0 aromatic carbocycles. The standard InChI is InChI=1S/C67H117NO18/c1-3-5-7-9-11-13-15-17-19-21-22-23-24-25-26-27-28-29-31-33-35-37-39-41-43-45-55(73)68-50(51(72)44-42-40-38-36-34-32-30-20-18-16-14-12-10-8-6-4-2)49-81-65-61(79)58(76)63(53(47-70)83-65)86-67-62(80)59(77)64(54(48-71)84-67)85-66-60(78)57(75)56(74)52(46-69)82-66/h15,17-18,20-22,24-25,34,36,42,44,50-54,56-67,69-72,74-80H,3-14,16,19,23,26-33,35,37-41,43,45-49H2,1-2H3,(H,68,73)/b17-15-,20-18+,22-21-,25-24-,36-34+,44-42+. The average Bonchev–Trinajstić information content (AvgIpc) is 3.70. The molecule has 17 unspecified atom stereocenters. The number of aliphatic hydroxyl groups excluding tert-OH is 11. The Labute approximate surface area is 515 Å². The van der Waals surface area contributed by atoms with E-state index >= 15 is 0 Å². The van der Waals surface area contributed by atoms with E-state index in [1.54, 1.807) is 6.08 Å². The number of ether oxygens (including phenoxy) is 6. The molecule has 1 amide bonds. The molecule has 17 atom stereocenters. The van der Waals surface area contributed by atoms with Gasteiger partial charge in [-0.15, -0.1) is 0 Å². The molecule has 498 valence electrons. The number of unbranched alkanes of at least 4 members (excludes halogenated alkanes) is 23. The van der Waals surface area contributed by atoms with Crippen molar-refractivity contribution in [2.45, 2.75) is 317 Å². The van der Waals surface area contributed by atoms with Crippen molar-refractivity contribution in [2.75, 3.05) is 26.4 Å². The van der Waals surface area contributed by atoms with E-state index in [1.807, 2.05) is 6.08 Å². The average molecular weight is 1220 g/mol. The van der Waals surface area contributed by atoms with Gasteiger partial charge < -0.3 is 89.9 Å². The fraction of sp³-hybridized carbons (Fsp3) is 0.806. The van der Waals surface area contributed by atoms with Crippen LogP contribution in [0.15, 0.2) is 72.9 Å². The van der Waals surface area contributed by atoms with E-state index in [0.717, 1.165) is 70.6 Å². The summed E-state index contributed by atoms with van der Waals surface area (Å²) in [6, 6.07) is -1.00. The van der Waals surface area contributed by atoms with E-state index in [4.69, 9.17) is 28.4 Å². The zero-order chi connectivity index (χ0) is 62.6. The van der Waals surface area contributed by atoms with Gasteiger partial charge in [-0.2, -0.15) is 0 Å². The van der Waals surface area contributed by atoms with Crippen LogP contribution in [-0.4, -0.2) is 193 Å². The molecular formula is C67H117NO18. The third-order valence-electron chi connectivity index (χ3n) is 16.2. The monoisotopic (exact) mass is 1220 g/mol. The Morgan fingerprint density at radius 2 is 0.779 bits per heavy atom. The van der Waals surface area contributed by atoms with E-state index < -0.39 is 124 Å². The maximum atomic E-state index is 13.4. The maximum absolute atomic E-state index is 13.4. The predicted molar refractivity (Wildman–Crippen MR) is 332 cm³/mol. The molecule has 3 fully saturated rings. The third-order valence-corrected chi connectivity index (χ3v) is 16.2. The fourth-order valence-electron chi connectivity index (χ4n) is 10.8. The van der Waals surface area contributed by atoms with Gasteiger partial charge in [0.2, 0.25) is 5.91 Å². The highest BCUT2D eigenvalue weighted by atomic mass is 16.8. The van der Waals surface area contributed by atoms with Gasteiger partial charge >= 0.3 is 0 Å². The highest BCUT2D eigenvalue weighted by Gasteiger charge is 2.53. The minimum Gasteiger partial charge on any atom is -0.394 e. The summed E-state index contributed by atoms with van der Waals surface area (Å²) in [5.74, 6) is -0.296. The molecule has 86 heavy (non-hydrogen) atoms. The minimum atomic E-state index is -1.99. The number of aliphatic hydroxyl groups is 11. The Balaban J connectivity index is 1.46. The molecule has 0 aromatic heterocycles. The second-order valence-electron chi connectivity index (χ2n) is 23.6. The van der Waals surface area contributed by atoms with Crippen molar-refractivity contribution in [3.8, 4) is 0 Å². The molecule has 0 spiro atoms. The van der Waals surface area contributed by atoms with Crippen molar-refractivity contribution >= 4 is 5.91 Å². The Bertz CT molecular complexity index is 1850. The van der Waals surface area contributed by atoms with Crippen LogP contribution >= 0.6 is 0 Å². The molecule has 3 heterocycles. The van der Waals surface area contributed by atoms with Crippen molar-refractivity contribution in [1.29, 1.82) is 0 Å². The Morgan fingerprint density at radius 1 is 0.419 bits per heavy atom. The lowest BCUT2D eigenvalue weighted by Crippen LogP contribution is -2.66. The maximum Gasteiger partial charge on any atom is 0.220 e. The lowest BCUT2D eigenvalue weighted by atomic mass is 9.96. The first kappa shape index (κ1) is 77.5. The summed E-state index contributed by atoms with van der Waals surface area (Å²) in [6.45, 7) is 1.67. The van der Waals surface area contributed by atoms with Crippen LogP contribution < -0.4 is 5.32 Å². The second kappa shape index (κ2) is 49.0. The fourth-order valence-corrected chi connectivity index (χ4v) is 10.8. The Hall–Kier alpha value is -2.77. The van der Waals surface area contributed by atoms with Crippen molar-refractivity contribution in [3.05, 3.63) is 72.9 Å². The van der Waals surface area contributed by atoms with Gasteiger partial charge in [0.15, 0.2) is 18.9 Å². The molecule has 3 aliphatic rings. The van der Waals surface area contributed by atoms with Crippen molar-refractivity contribution in [3.63, 3.8) is 0 Å². The van der Waals surface area contributed by atoms with Gasteiger partial charge in [-0.1, -0.05) is 196 Å². The van der Waals surface area contributed by atoms with Crippen LogP contribution in [0.5, 0.6) is 0 Å². The summed E-state index contributed by atoms with van der Waals surface area (Å²) < 4.78 is 34.3. The number of allylic oxidation sites excluding steroid dienone is 11. The summed E-state index contributed by atoms with van der Waals surface area (Å²) >= 11 is 0. The summed E-state index contributed by atoms with van der Waals surface area (Å²) in [4.78, 5) is 13.4. The van der Waals surface area contributed by atoms with E-state index in [2.05, 4.69) is 79.9 Å². The molecule has 0 saturated carbocycles. The number of nitrogens with one attached hydrogen (secondary N) is 1. The molecule has 12 N–H and O–H groups in total. The van der Waals surface area contributed by atoms with Gasteiger partial charge in [0, 0.05) is 6.42 Å². The van der Waals surface area contributed by atoms with Crippen LogP contribution in [0.4, 0.5) is 0 Å². The van der Waals surface area contributed by atoms with Gasteiger partial charge in [0.25, 0.3) is 0 Å². The smallest absolute Gasteiger partial charge is 0.220 e. The molecule has 3 rings (SSSR count). The Morgan fingerprint density at radius 3 is 1.24 bits per heavy atom. The number of carbonyl (C=O) groups excluding carboxylic acids is 1. The lowest BCUT2D eigenvalue weighted by molar-refractivity contribution is -0.379. The molecular weight excluding hydrogens is 1110 g/mol. The van der Waals surface area contributed by atoms with Crippen LogP contribution in [0, 0.1) is 0 Å². The molecule has 3 saturated heterocycles. The van der Waals surface area contributed by atoms with Crippen molar-refractivity contribution in [2.24, 2.45) is 0 Å². The largest absolute Gasteiger partial charge is 0.394 e. The van der Waals surface area contributed by atoms with Gasteiger partial charge in [0.1, 0.15) is 73.2 Å². The van der Waals surface area contributed by atoms with Crippen LogP contribution in [0.25, 0.3) is 0 Å². The predicted octanol–water partition coefficient (Wildman–Crippen LogP) is 7.77. The number of hydrogen-bond acceptors (Lipinski definition) is 18.